The van der Waals surface area contributed by atoms with Gasteiger partial charge in [0.25, 0.3) is 5.91 Å². The van der Waals surface area contributed by atoms with Gasteiger partial charge in [0.2, 0.25) is 10.9 Å². The number of aryl methyl sites for hydroxylation is 2. The van der Waals surface area contributed by atoms with E-state index in [1.165, 1.54) is 16.2 Å². The minimum atomic E-state index is -0.711. The lowest BCUT2D eigenvalue weighted by atomic mass is 10.0. The van der Waals surface area contributed by atoms with Crippen LogP contribution in [0.25, 0.3) is 11.0 Å². The van der Waals surface area contributed by atoms with Gasteiger partial charge >= 0.3 is 0 Å². The number of anilines is 1. The third-order valence-corrected chi connectivity index (χ3v) is 6.03. The van der Waals surface area contributed by atoms with Crippen molar-refractivity contribution in [1.82, 2.24) is 15.2 Å². The molecule has 144 valence electrons. The predicted molar refractivity (Wildman–Crippen MR) is 109 cm³/mol. The first-order valence-electron chi connectivity index (χ1n) is 9.22. The van der Waals surface area contributed by atoms with Crippen molar-refractivity contribution in [1.29, 1.82) is 0 Å². The molecule has 0 saturated heterocycles. The topological polar surface area (TPSA) is 89.2 Å². The number of pyridine rings is 1. The molecule has 1 aromatic carbocycles. The molecule has 4 aromatic rings. The van der Waals surface area contributed by atoms with E-state index in [1.807, 2.05) is 26.0 Å². The maximum atomic E-state index is 13.4. The molecule has 29 heavy (non-hydrogen) atoms. The summed E-state index contributed by atoms with van der Waals surface area (Å²) in [6.45, 7) is 3.88. The van der Waals surface area contributed by atoms with E-state index in [-0.39, 0.29) is 11.2 Å². The number of fused-ring (bicyclic) bond motifs is 2. The molecule has 8 heteroatoms. The first-order valence-corrected chi connectivity index (χ1v) is 10.0. The van der Waals surface area contributed by atoms with Crippen LogP contribution in [0.1, 0.15) is 45.3 Å². The zero-order valence-electron chi connectivity index (χ0n) is 15.7. The lowest BCUT2D eigenvalue weighted by Gasteiger charge is -2.20. The number of carbonyl (C=O) groups excluding carboxylic acids is 1. The monoisotopic (exact) mass is 404 g/mol. The number of amides is 1. The van der Waals surface area contributed by atoms with Gasteiger partial charge in [-0.3, -0.25) is 19.5 Å². The van der Waals surface area contributed by atoms with E-state index in [2.05, 4.69) is 15.2 Å². The van der Waals surface area contributed by atoms with Crippen molar-refractivity contribution in [3.05, 3.63) is 80.4 Å². The molecule has 0 fully saturated rings. The summed E-state index contributed by atoms with van der Waals surface area (Å²) in [5.74, 6) is -0.371. The Hall–Kier alpha value is -3.39. The standard InChI is InChI=1S/C21H16N4O3S/c1-3-15-23-24-21(29-15)25-17(13-6-4-5-9-22-13)16-18(26)12-10-11(2)7-8-14(12)28-19(16)20(25)27/h4-10,17H,3H2,1-2H3. The first kappa shape index (κ1) is 17.7. The lowest BCUT2D eigenvalue weighted by Crippen LogP contribution is -2.30. The van der Waals surface area contributed by atoms with Crippen LogP contribution in [-0.2, 0) is 6.42 Å². The van der Waals surface area contributed by atoms with Crippen LogP contribution in [0, 0.1) is 6.92 Å². The van der Waals surface area contributed by atoms with E-state index >= 15 is 0 Å². The Kier molecular flexibility index (Phi) is 4.02. The molecule has 1 aliphatic rings. The second-order valence-corrected chi connectivity index (χ2v) is 7.88. The van der Waals surface area contributed by atoms with E-state index in [0.717, 1.165) is 10.6 Å². The van der Waals surface area contributed by atoms with Gasteiger partial charge in [-0.25, -0.2) is 0 Å². The predicted octanol–water partition coefficient (Wildman–Crippen LogP) is 3.66. The molecule has 0 bridgehead atoms. The van der Waals surface area contributed by atoms with Crippen LogP contribution in [0.5, 0.6) is 0 Å². The van der Waals surface area contributed by atoms with Crippen molar-refractivity contribution in [3.63, 3.8) is 0 Å². The van der Waals surface area contributed by atoms with Crippen molar-refractivity contribution in [2.45, 2.75) is 26.3 Å². The molecular weight excluding hydrogens is 388 g/mol. The summed E-state index contributed by atoms with van der Waals surface area (Å²) in [4.78, 5) is 32.7. The highest BCUT2D eigenvalue weighted by molar-refractivity contribution is 7.15. The SMILES string of the molecule is CCc1nnc(N2C(=O)c3oc4ccc(C)cc4c(=O)c3C2c2ccccn2)s1. The van der Waals surface area contributed by atoms with E-state index in [0.29, 0.717) is 33.8 Å². The summed E-state index contributed by atoms with van der Waals surface area (Å²) in [7, 11) is 0. The average Bonchev–Trinajstić information content (AvgIpc) is 3.32. The Morgan fingerprint density at radius 3 is 2.76 bits per heavy atom. The van der Waals surface area contributed by atoms with E-state index in [4.69, 9.17) is 4.42 Å². The summed E-state index contributed by atoms with van der Waals surface area (Å²) < 4.78 is 5.93. The average molecular weight is 404 g/mol. The molecule has 0 aliphatic carbocycles. The molecule has 1 unspecified atom stereocenters. The Bertz CT molecular complexity index is 1310. The Balaban J connectivity index is 1.81. The number of carbonyl (C=O) groups is 1. The fraction of sp³-hybridized carbons (Fsp3) is 0.190. The normalized spacial score (nSPS) is 15.9. The highest BCUT2D eigenvalue weighted by Crippen LogP contribution is 2.41. The summed E-state index contributed by atoms with van der Waals surface area (Å²) in [6, 6.07) is 10.1. The van der Waals surface area contributed by atoms with Crippen LogP contribution >= 0.6 is 11.3 Å². The van der Waals surface area contributed by atoms with Crippen molar-refractivity contribution in [2.24, 2.45) is 0 Å². The number of aromatic nitrogens is 3. The molecule has 0 spiro atoms. The van der Waals surface area contributed by atoms with Gasteiger partial charge in [-0.2, -0.15) is 0 Å². The van der Waals surface area contributed by atoms with Crippen LogP contribution in [0.4, 0.5) is 5.13 Å². The van der Waals surface area contributed by atoms with Crippen molar-refractivity contribution < 1.29 is 9.21 Å². The first-order chi connectivity index (χ1) is 14.1. The molecule has 4 heterocycles. The zero-order valence-corrected chi connectivity index (χ0v) is 16.6. The van der Waals surface area contributed by atoms with E-state index in [1.54, 1.807) is 30.5 Å². The number of hydrogen-bond acceptors (Lipinski definition) is 7. The second-order valence-electron chi connectivity index (χ2n) is 6.84. The smallest absolute Gasteiger partial charge is 0.297 e. The summed E-state index contributed by atoms with van der Waals surface area (Å²) in [6.07, 6.45) is 2.35. The van der Waals surface area contributed by atoms with Gasteiger partial charge in [-0.1, -0.05) is 36.0 Å². The summed E-state index contributed by atoms with van der Waals surface area (Å²) >= 11 is 1.33. The highest BCUT2D eigenvalue weighted by Gasteiger charge is 2.45. The fourth-order valence-electron chi connectivity index (χ4n) is 3.59. The molecule has 5 rings (SSSR count). The molecule has 0 radical (unpaired) electrons. The third-order valence-electron chi connectivity index (χ3n) is 4.96. The maximum absolute atomic E-state index is 13.4. The summed E-state index contributed by atoms with van der Waals surface area (Å²) in [5.41, 5.74) is 1.97. The summed E-state index contributed by atoms with van der Waals surface area (Å²) in [5, 5.41) is 10.0. The van der Waals surface area contributed by atoms with Gasteiger partial charge in [0.05, 0.1) is 16.6 Å². The van der Waals surface area contributed by atoms with Gasteiger partial charge in [-0.15, -0.1) is 10.2 Å². The zero-order chi connectivity index (χ0) is 20.1. The lowest BCUT2D eigenvalue weighted by molar-refractivity contribution is 0.0970. The van der Waals surface area contributed by atoms with Gasteiger partial charge in [0.1, 0.15) is 16.6 Å². The molecule has 1 atom stereocenters. The van der Waals surface area contributed by atoms with E-state index in [9.17, 15) is 9.59 Å². The van der Waals surface area contributed by atoms with Crippen LogP contribution in [0.15, 0.2) is 51.8 Å². The minimum absolute atomic E-state index is 0.0373. The largest absolute Gasteiger partial charge is 0.450 e. The number of rotatable bonds is 3. The molecule has 0 saturated carbocycles. The molecule has 3 aromatic heterocycles. The third kappa shape index (κ3) is 2.67. The van der Waals surface area contributed by atoms with Crippen LogP contribution in [0.3, 0.4) is 0 Å². The van der Waals surface area contributed by atoms with Crippen LogP contribution in [-0.4, -0.2) is 21.1 Å². The Morgan fingerprint density at radius 2 is 2.03 bits per heavy atom. The molecule has 1 aliphatic heterocycles. The van der Waals surface area contributed by atoms with Gasteiger partial charge < -0.3 is 4.42 Å². The van der Waals surface area contributed by atoms with Crippen molar-refractivity contribution in [3.8, 4) is 0 Å². The number of benzene rings is 1. The quantitative estimate of drug-likeness (QED) is 0.518. The van der Waals surface area contributed by atoms with Gasteiger partial charge in [0.15, 0.2) is 5.43 Å². The molecule has 1 amide bonds. The number of hydrogen-bond donors (Lipinski definition) is 0. The molecule has 7 nitrogen and oxygen atoms in total. The second kappa shape index (κ2) is 6.59. The molecule has 0 N–H and O–H groups in total. The maximum Gasteiger partial charge on any atom is 0.297 e. The van der Waals surface area contributed by atoms with Crippen molar-refractivity contribution >= 4 is 33.3 Å². The van der Waals surface area contributed by atoms with E-state index < -0.39 is 11.9 Å². The Labute approximate surface area is 169 Å². The fourth-order valence-corrected chi connectivity index (χ4v) is 4.39. The van der Waals surface area contributed by atoms with Crippen LogP contribution in [0.2, 0.25) is 0 Å². The minimum Gasteiger partial charge on any atom is -0.450 e. The number of nitrogens with zero attached hydrogens (tertiary/aromatic N) is 4. The molecular formula is C21H16N4O3S. The highest BCUT2D eigenvalue weighted by atomic mass is 32.1. The van der Waals surface area contributed by atoms with Crippen molar-refractivity contribution in [2.75, 3.05) is 4.90 Å². The van der Waals surface area contributed by atoms with Crippen LogP contribution < -0.4 is 10.3 Å². The Morgan fingerprint density at radius 1 is 1.17 bits per heavy atom. The van der Waals surface area contributed by atoms with Gasteiger partial charge in [-0.05, 0) is 37.6 Å². The van der Waals surface area contributed by atoms with Gasteiger partial charge in [0, 0.05) is 6.20 Å².